The molecule has 0 bridgehead atoms. The third-order valence-electron chi connectivity index (χ3n) is 5.08. The number of pyridine rings is 1. The molecule has 1 aliphatic heterocycles. The van der Waals surface area contributed by atoms with Crippen molar-refractivity contribution in [2.24, 2.45) is 4.99 Å². The molecule has 7 heteroatoms. The van der Waals surface area contributed by atoms with Gasteiger partial charge in [0.15, 0.2) is 5.96 Å². The summed E-state index contributed by atoms with van der Waals surface area (Å²) in [6.07, 6.45) is 2.68. The summed E-state index contributed by atoms with van der Waals surface area (Å²) < 4.78 is 0. The highest BCUT2D eigenvalue weighted by Crippen LogP contribution is 2.29. The lowest BCUT2D eigenvalue weighted by molar-refractivity contribution is 0.312. The topological polar surface area (TPSA) is 55.8 Å². The minimum atomic E-state index is 0.542. The first-order valence-corrected chi connectivity index (χ1v) is 10.7. The molecule has 156 valence electrons. The van der Waals surface area contributed by atoms with E-state index in [9.17, 15) is 0 Å². The maximum atomic E-state index is 6.57. The van der Waals surface area contributed by atoms with Crippen LogP contribution in [0.3, 0.4) is 0 Å². The number of nitrogens with zero attached hydrogens (tertiary/aromatic N) is 4. The van der Waals surface area contributed by atoms with Crippen molar-refractivity contribution in [1.29, 1.82) is 0 Å². The van der Waals surface area contributed by atoms with Crippen LogP contribution in [-0.4, -0.2) is 62.2 Å². The van der Waals surface area contributed by atoms with Gasteiger partial charge in [0.25, 0.3) is 0 Å². The number of guanidine groups is 1. The summed E-state index contributed by atoms with van der Waals surface area (Å²) in [7, 11) is 2.17. The first kappa shape index (κ1) is 21.4. The summed E-state index contributed by atoms with van der Waals surface area (Å²) in [5.74, 6) is 0.799. The molecule has 0 saturated carbocycles. The van der Waals surface area contributed by atoms with E-state index >= 15 is 0 Å². The van der Waals surface area contributed by atoms with E-state index in [0.717, 1.165) is 67.9 Å². The number of likely N-dealkylation sites (N-methyl/N-ethyl adjacent to an activating group) is 1. The fourth-order valence-electron chi connectivity index (χ4n) is 3.40. The number of halogens is 1. The van der Waals surface area contributed by atoms with Crippen LogP contribution in [0.15, 0.2) is 47.6 Å². The van der Waals surface area contributed by atoms with Crippen LogP contribution < -0.4 is 15.5 Å². The van der Waals surface area contributed by atoms with E-state index in [2.05, 4.69) is 45.5 Å². The molecule has 1 aromatic heterocycles. The maximum absolute atomic E-state index is 6.57. The van der Waals surface area contributed by atoms with Crippen LogP contribution in [0.2, 0.25) is 5.02 Å². The summed E-state index contributed by atoms with van der Waals surface area (Å²) >= 11 is 6.57. The zero-order valence-electron chi connectivity index (χ0n) is 17.4. The molecule has 3 rings (SSSR count). The van der Waals surface area contributed by atoms with Crippen molar-refractivity contribution in [3.05, 3.63) is 58.9 Å². The lowest BCUT2D eigenvalue weighted by atomic mass is 10.1. The van der Waals surface area contributed by atoms with Gasteiger partial charge in [-0.3, -0.25) is 4.98 Å². The van der Waals surface area contributed by atoms with E-state index in [1.807, 2.05) is 36.5 Å². The fourth-order valence-corrected chi connectivity index (χ4v) is 3.63. The van der Waals surface area contributed by atoms with Crippen LogP contribution in [0.1, 0.15) is 18.2 Å². The Balaban J connectivity index is 1.66. The third kappa shape index (κ3) is 6.34. The van der Waals surface area contributed by atoms with Gasteiger partial charge in [0, 0.05) is 73.9 Å². The molecule has 6 nitrogen and oxygen atoms in total. The number of anilines is 1. The number of piperazine rings is 1. The van der Waals surface area contributed by atoms with Gasteiger partial charge in [0.2, 0.25) is 0 Å². The van der Waals surface area contributed by atoms with Crippen LogP contribution in [0.5, 0.6) is 0 Å². The SMILES string of the molecule is CCNC(=NCc1c(Cl)cccc1N1CCN(C)CC1)NCCc1ccccn1. The van der Waals surface area contributed by atoms with Gasteiger partial charge in [-0.2, -0.15) is 0 Å². The van der Waals surface area contributed by atoms with E-state index < -0.39 is 0 Å². The van der Waals surface area contributed by atoms with Crippen LogP contribution in [0.25, 0.3) is 0 Å². The molecular weight excluding hydrogens is 384 g/mol. The highest BCUT2D eigenvalue weighted by atomic mass is 35.5. The molecule has 2 N–H and O–H groups in total. The molecule has 0 aliphatic carbocycles. The smallest absolute Gasteiger partial charge is 0.191 e. The molecule has 1 aromatic carbocycles. The van der Waals surface area contributed by atoms with Crippen molar-refractivity contribution in [2.45, 2.75) is 19.9 Å². The van der Waals surface area contributed by atoms with E-state index in [0.29, 0.717) is 6.54 Å². The summed E-state index contributed by atoms with van der Waals surface area (Å²) in [5, 5.41) is 7.49. The monoisotopic (exact) mass is 414 g/mol. The van der Waals surface area contributed by atoms with Crippen LogP contribution in [0, 0.1) is 0 Å². The Kier molecular flexibility index (Phi) is 8.14. The predicted octanol–water partition coefficient (Wildman–Crippen LogP) is 2.78. The Morgan fingerprint density at radius 3 is 2.66 bits per heavy atom. The number of hydrogen-bond acceptors (Lipinski definition) is 4. The zero-order chi connectivity index (χ0) is 20.5. The zero-order valence-corrected chi connectivity index (χ0v) is 18.1. The van der Waals surface area contributed by atoms with Gasteiger partial charge in [-0.25, -0.2) is 4.99 Å². The number of rotatable bonds is 7. The molecule has 2 heterocycles. The molecule has 2 aromatic rings. The minimum absolute atomic E-state index is 0.542. The van der Waals surface area contributed by atoms with Gasteiger partial charge in [-0.1, -0.05) is 23.7 Å². The first-order valence-electron chi connectivity index (χ1n) is 10.3. The largest absolute Gasteiger partial charge is 0.369 e. The number of aromatic nitrogens is 1. The highest BCUT2D eigenvalue weighted by molar-refractivity contribution is 6.31. The minimum Gasteiger partial charge on any atom is -0.369 e. The summed E-state index contributed by atoms with van der Waals surface area (Å²) in [4.78, 5) is 13.9. The van der Waals surface area contributed by atoms with Crippen molar-refractivity contribution < 1.29 is 0 Å². The maximum Gasteiger partial charge on any atom is 0.191 e. The Bertz CT molecular complexity index is 787. The second-order valence-electron chi connectivity index (χ2n) is 7.22. The molecule has 1 fully saturated rings. The molecule has 0 amide bonds. The molecule has 0 atom stereocenters. The third-order valence-corrected chi connectivity index (χ3v) is 5.43. The second-order valence-corrected chi connectivity index (χ2v) is 7.63. The Morgan fingerprint density at radius 1 is 1.10 bits per heavy atom. The van der Waals surface area contributed by atoms with Crippen molar-refractivity contribution in [3.63, 3.8) is 0 Å². The second kappa shape index (κ2) is 11.0. The van der Waals surface area contributed by atoms with Gasteiger partial charge in [0.05, 0.1) is 6.54 Å². The van der Waals surface area contributed by atoms with Crippen LogP contribution in [-0.2, 0) is 13.0 Å². The number of nitrogens with one attached hydrogen (secondary N) is 2. The first-order chi connectivity index (χ1) is 14.2. The van der Waals surface area contributed by atoms with Crippen molar-refractivity contribution in [2.75, 3.05) is 51.2 Å². The standard InChI is InChI=1S/C22H31ClN6/c1-3-24-22(26-12-10-18-7-4-5-11-25-18)27-17-19-20(23)8-6-9-21(19)29-15-13-28(2)14-16-29/h4-9,11H,3,10,12-17H2,1-2H3,(H2,24,26,27). The van der Waals surface area contributed by atoms with E-state index in [4.69, 9.17) is 16.6 Å². The number of aliphatic imine (C=N–C) groups is 1. The average Bonchev–Trinajstić information content (AvgIpc) is 2.74. The quantitative estimate of drug-likeness (QED) is 0.539. The lowest BCUT2D eigenvalue weighted by Gasteiger charge is -2.35. The van der Waals surface area contributed by atoms with Crippen molar-refractivity contribution in [1.82, 2.24) is 20.5 Å². The summed E-state index contributed by atoms with van der Waals surface area (Å²) in [6.45, 7) is 8.34. The number of hydrogen-bond donors (Lipinski definition) is 2. The highest BCUT2D eigenvalue weighted by Gasteiger charge is 2.18. The lowest BCUT2D eigenvalue weighted by Crippen LogP contribution is -2.44. The molecular formula is C22H31ClN6. The molecule has 1 saturated heterocycles. The Labute approximate surface area is 179 Å². The summed E-state index contributed by atoms with van der Waals surface area (Å²) in [6, 6.07) is 12.1. The average molecular weight is 415 g/mol. The van der Waals surface area contributed by atoms with E-state index in [1.165, 1.54) is 5.69 Å². The van der Waals surface area contributed by atoms with E-state index in [-0.39, 0.29) is 0 Å². The molecule has 0 spiro atoms. The summed E-state index contributed by atoms with van der Waals surface area (Å²) in [5.41, 5.74) is 3.35. The van der Waals surface area contributed by atoms with E-state index in [1.54, 1.807) is 0 Å². The van der Waals surface area contributed by atoms with Gasteiger partial charge < -0.3 is 20.4 Å². The Hall–Kier alpha value is -2.31. The van der Waals surface area contributed by atoms with Crippen LogP contribution in [0.4, 0.5) is 5.69 Å². The Morgan fingerprint density at radius 2 is 1.93 bits per heavy atom. The van der Waals surface area contributed by atoms with Gasteiger partial charge >= 0.3 is 0 Å². The normalized spacial score (nSPS) is 15.4. The molecule has 0 unspecified atom stereocenters. The van der Waals surface area contributed by atoms with Gasteiger partial charge in [0.1, 0.15) is 0 Å². The molecule has 0 radical (unpaired) electrons. The molecule has 29 heavy (non-hydrogen) atoms. The van der Waals surface area contributed by atoms with Gasteiger partial charge in [-0.05, 0) is 38.2 Å². The molecule has 1 aliphatic rings. The van der Waals surface area contributed by atoms with Gasteiger partial charge in [-0.15, -0.1) is 0 Å². The van der Waals surface area contributed by atoms with Crippen LogP contribution >= 0.6 is 11.6 Å². The fraction of sp³-hybridized carbons (Fsp3) is 0.455. The van der Waals surface area contributed by atoms with Crippen molar-refractivity contribution in [3.8, 4) is 0 Å². The predicted molar refractivity (Wildman–Crippen MR) is 122 cm³/mol. The number of benzene rings is 1. The van der Waals surface area contributed by atoms with Crippen molar-refractivity contribution >= 4 is 23.2 Å².